The molecule has 1 N–H and O–H groups in total. The molecule has 0 spiro atoms. The molecule has 2 rings (SSSR count). The molecule has 0 aromatic heterocycles. The van der Waals surface area contributed by atoms with E-state index in [1.807, 2.05) is 0 Å². The van der Waals surface area contributed by atoms with Gasteiger partial charge in [0, 0.05) is 6.04 Å². The summed E-state index contributed by atoms with van der Waals surface area (Å²) in [5.74, 6) is 0.957. The van der Waals surface area contributed by atoms with Crippen LogP contribution in [0.2, 0.25) is 0 Å². The van der Waals surface area contributed by atoms with Crippen molar-refractivity contribution in [1.29, 1.82) is 0 Å². The number of likely N-dealkylation sites (tertiary alicyclic amines) is 1. The van der Waals surface area contributed by atoms with Crippen LogP contribution in [0, 0.1) is 5.92 Å². The SMILES string of the molecule is CN(C)C1CCN(CCCC2CCCNC2)CC1. The third kappa shape index (κ3) is 4.52. The van der Waals surface area contributed by atoms with E-state index in [-0.39, 0.29) is 0 Å². The Morgan fingerprint density at radius 2 is 1.94 bits per heavy atom. The summed E-state index contributed by atoms with van der Waals surface area (Å²) in [5.41, 5.74) is 0. The Kier molecular flexibility index (Phi) is 5.93. The van der Waals surface area contributed by atoms with Crippen molar-refractivity contribution < 1.29 is 0 Å². The van der Waals surface area contributed by atoms with E-state index in [0.717, 1.165) is 12.0 Å². The van der Waals surface area contributed by atoms with Crippen molar-refractivity contribution in [3.05, 3.63) is 0 Å². The fraction of sp³-hybridized carbons (Fsp3) is 1.00. The Morgan fingerprint density at radius 3 is 2.56 bits per heavy atom. The smallest absolute Gasteiger partial charge is 0.0113 e. The van der Waals surface area contributed by atoms with E-state index in [1.54, 1.807) is 0 Å². The van der Waals surface area contributed by atoms with Gasteiger partial charge in [-0.1, -0.05) is 0 Å². The molecule has 2 fully saturated rings. The van der Waals surface area contributed by atoms with Crippen LogP contribution in [-0.4, -0.2) is 62.7 Å². The first-order valence-electron chi connectivity index (χ1n) is 7.85. The summed E-state index contributed by atoms with van der Waals surface area (Å²) in [4.78, 5) is 5.07. The maximum atomic E-state index is 3.52. The van der Waals surface area contributed by atoms with Crippen molar-refractivity contribution in [2.45, 2.75) is 44.6 Å². The molecule has 0 saturated carbocycles. The van der Waals surface area contributed by atoms with Gasteiger partial charge in [-0.15, -0.1) is 0 Å². The zero-order valence-corrected chi connectivity index (χ0v) is 12.3. The van der Waals surface area contributed by atoms with Crippen molar-refractivity contribution in [2.24, 2.45) is 5.92 Å². The number of piperidine rings is 2. The van der Waals surface area contributed by atoms with Gasteiger partial charge in [-0.2, -0.15) is 0 Å². The molecule has 2 aliphatic heterocycles. The van der Waals surface area contributed by atoms with Crippen LogP contribution in [0.15, 0.2) is 0 Å². The standard InChI is InChI=1S/C15H31N3/c1-17(2)15-7-11-18(12-8-15)10-4-6-14-5-3-9-16-13-14/h14-16H,3-13H2,1-2H3. The molecule has 1 atom stereocenters. The summed E-state index contributed by atoms with van der Waals surface area (Å²) in [7, 11) is 4.44. The average Bonchev–Trinajstić information content (AvgIpc) is 2.40. The van der Waals surface area contributed by atoms with Gasteiger partial charge in [0.05, 0.1) is 0 Å². The first-order chi connectivity index (χ1) is 8.75. The van der Waals surface area contributed by atoms with E-state index >= 15 is 0 Å². The van der Waals surface area contributed by atoms with Gasteiger partial charge in [-0.05, 0) is 91.3 Å². The highest BCUT2D eigenvalue weighted by Gasteiger charge is 2.20. The first-order valence-corrected chi connectivity index (χ1v) is 7.85. The Morgan fingerprint density at radius 1 is 1.17 bits per heavy atom. The zero-order valence-electron chi connectivity index (χ0n) is 12.3. The predicted molar refractivity (Wildman–Crippen MR) is 78.0 cm³/mol. The minimum absolute atomic E-state index is 0.823. The second-order valence-electron chi connectivity index (χ2n) is 6.39. The molecule has 0 bridgehead atoms. The third-order valence-corrected chi connectivity index (χ3v) is 4.77. The second kappa shape index (κ2) is 7.46. The molecular weight excluding hydrogens is 222 g/mol. The largest absolute Gasteiger partial charge is 0.316 e. The summed E-state index contributed by atoms with van der Waals surface area (Å²) < 4.78 is 0. The van der Waals surface area contributed by atoms with Gasteiger partial charge < -0.3 is 15.1 Å². The van der Waals surface area contributed by atoms with E-state index in [1.165, 1.54) is 71.2 Å². The molecule has 3 heteroatoms. The minimum Gasteiger partial charge on any atom is -0.316 e. The van der Waals surface area contributed by atoms with Gasteiger partial charge in [0.25, 0.3) is 0 Å². The van der Waals surface area contributed by atoms with Crippen LogP contribution < -0.4 is 5.32 Å². The molecule has 3 nitrogen and oxygen atoms in total. The van der Waals surface area contributed by atoms with Gasteiger partial charge in [-0.25, -0.2) is 0 Å². The summed E-state index contributed by atoms with van der Waals surface area (Å²) >= 11 is 0. The maximum Gasteiger partial charge on any atom is 0.0113 e. The lowest BCUT2D eigenvalue weighted by Gasteiger charge is -2.35. The molecule has 0 amide bonds. The van der Waals surface area contributed by atoms with E-state index < -0.39 is 0 Å². The highest BCUT2D eigenvalue weighted by molar-refractivity contribution is 4.77. The summed E-state index contributed by atoms with van der Waals surface area (Å²) in [6.45, 7) is 6.46. The molecule has 1 unspecified atom stereocenters. The predicted octanol–water partition coefficient (Wildman–Crippen LogP) is 1.79. The molecule has 2 saturated heterocycles. The van der Waals surface area contributed by atoms with E-state index in [9.17, 15) is 0 Å². The van der Waals surface area contributed by atoms with Gasteiger partial charge >= 0.3 is 0 Å². The highest BCUT2D eigenvalue weighted by atomic mass is 15.2. The van der Waals surface area contributed by atoms with Crippen LogP contribution >= 0.6 is 0 Å². The minimum atomic E-state index is 0.823. The summed E-state index contributed by atoms with van der Waals surface area (Å²) in [6, 6.07) is 0.823. The highest BCUT2D eigenvalue weighted by Crippen LogP contribution is 2.18. The monoisotopic (exact) mass is 253 g/mol. The Hall–Kier alpha value is -0.120. The molecule has 2 heterocycles. The number of hydrogen-bond acceptors (Lipinski definition) is 3. The summed E-state index contributed by atoms with van der Waals surface area (Å²) in [5, 5.41) is 3.52. The molecule has 18 heavy (non-hydrogen) atoms. The molecular formula is C15H31N3. The van der Waals surface area contributed by atoms with Crippen molar-refractivity contribution in [3.8, 4) is 0 Å². The summed E-state index contributed by atoms with van der Waals surface area (Å²) in [6.07, 6.45) is 8.39. The van der Waals surface area contributed by atoms with E-state index in [0.29, 0.717) is 0 Å². The van der Waals surface area contributed by atoms with Crippen LogP contribution in [0.3, 0.4) is 0 Å². The number of nitrogens with one attached hydrogen (secondary N) is 1. The Labute approximate surface area is 113 Å². The quantitative estimate of drug-likeness (QED) is 0.806. The number of nitrogens with zero attached hydrogens (tertiary/aromatic N) is 2. The van der Waals surface area contributed by atoms with Crippen molar-refractivity contribution in [3.63, 3.8) is 0 Å². The van der Waals surface area contributed by atoms with Crippen LogP contribution in [0.1, 0.15) is 38.5 Å². The van der Waals surface area contributed by atoms with Crippen LogP contribution in [0.4, 0.5) is 0 Å². The third-order valence-electron chi connectivity index (χ3n) is 4.77. The van der Waals surface area contributed by atoms with Crippen molar-refractivity contribution in [1.82, 2.24) is 15.1 Å². The Balaban J connectivity index is 1.55. The van der Waals surface area contributed by atoms with Crippen LogP contribution in [0.5, 0.6) is 0 Å². The molecule has 0 aliphatic carbocycles. The van der Waals surface area contributed by atoms with Crippen molar-refractivity contribution in [2.75, 3.05) is 46.8 Å². The zero-order chi connectivity index (χ0) is 12.8. The molecule has 106 valence electrons. The number of hydrogen-bond donors (Lipinski definition) is 1. The lowest BCUT2D eigenvalue weighted by molar-refractivity contribution is 0.141. The van der Waals surface area contributed by atoms with Gasteiger partial charge in [0.2, 0.25) is 0 Å². The second-order valence-corrected chi connectivity index (χ2v) is 6.39. The average molecular weight is 253 g/mol. The van der Waals surface area contributed by atoms with Gasteiger partial charge in [0.15, 0.2) is 0 Å². The molecule has 0 aromatic carbocycles. The normalized spacial score (nSPS) is 27.8. The topological polar surface area (TPSA) is 18.5 Å². The first kappa shape index (κ1) is 14.3. The lowest BCUT2D eigenvalue weighted by Crippen LogP contribution is -2.42. The fourth-order valence-electron chi connectivity index (χ4n) is 3.43. The molecule has 0 aromatic rings. The van der Waals surface area contributed by atoms with E-state index in [2.05, 4.69) is 29.2 Å². The number of rotatable bonds is 5. The van der Waals surface area contributed by atoms with Gasteiger partial charge in [0.1, 0.15) is 0 Å². The molecule has 2 aliphatic rings. The van der Waals surface area contributed by atoms with Crippen LogP contribution in [-0.2, 0) is 0 Å². The fourth-order valence-corrected chi connectivity index (χ4v) is 3.43. The van der Waals surface area contributed by atoms with E-state index in [4.69, 9.17) is 0 Å². The van der Waals surface area contributed by atoms with Crippen molar-refractivity contribution >= 4 is 0 Å². The van der Waals surface area contributed by atoms with Crippen LogP contribution in [0.25, 0.3) is 0 Å². The molecule has 0 radical (unpaired) electrons. The maximum absolute atomic E-state index is 3.52. The van der Waals surface area contributed by atoms with Gasteiger partial charge in [-0.3, -0.25) is 0 Å². The lowest BCUT2D eigenvalue weighted by atomic mass is 9.94. The Bertz CT molecular complexity index is 216.